The molecule has 0 radical (unpaired) electrons. The number of rotatable bonds is 24. The highest BCUT2D eigenvalue weighted by molar-refractivity contribution is 4.59. The van der Waals surface area contributed by atoms with Gasteiger partial charge in [-0.05, 0) is 93.9 Å². The molecule has 0 saturated heterocycles. The van der Waals surface area contributed by atoms with Gasteiger partial charge in [-0.2, -0.15) is 0 Å². The molecule has 0 aliphatic rings. The van der Waals surface area contributed by atoms with Crippen LogP contribution in [0, 0.1) is 0 Å². The maximum absolute atomic E-state index is 5.22. The Bertz CT molecular complexity index is 383. The van der Waals surface area contributed by atoms with Crippen molar-refractivity contribution in [2.24, 2.45) is 0 Å². The molecule has 0 fully saturated rings. The first-order chi connectivity index (χ1) is 20.2. The first-order valence-corrected chi connectivity index (χ1v) is 17.5. The van der Waals surface area contributed by atoms with Crippen LogP contribution in [0.1, 0.15) is 96.9 Å². The van der Waals surface area contributed by atoms with E-state index in [-0.39, 0.29) is 12.2 Å². The normalized spacial score (nSPS) is 12.4. The summed E-state index contributed by atoms with van der Waals surface area (Å²) in [6.07, 6.45) is 0.491. The van der Waals surface area contributed by atoms with Crippen LogP contribution >= 0.6 is 0 Å². The third-order valence-corrected chi connectivity index (χ3v) is 7.06. The highest BCUT2D eigenvalue weighted by Crippen LogP contribution is 1.93. The van der Waals surface area contributed by atoms with Gasteiger partial charge in [-0.25, -0.2) is 0 Å². The van der Waals surface area contributed by atoms with Crippen LogP contribution in [0.2, 0.25) is 0 Å². The molecule has 0 N–H and O–H groups in total. The van der Waals surface area contributed by atoms with E-state index in [9.17, 15) is 0 Å². The zero-order chi connectivity index (χ0) is 33.0. The van der Waals surface area contributed by atoms with Crippen LogP contribution in [0.3, 0.4) is 0 Å². The molecule has 0 aromatic carbocycles. The number of ether oxygens (including phenoxy) is 4. The molecule has 0 bridgehead atoms. The van der Waals surface area contributed by atoms with Crippen molar-refractivity contribution in [2.45, 2.75) is 109 Å². The van der Waals surface area contributed by atoms with Crippen LogP contribution in [-0.4, -0.2) is 150 Å². The van der Waals surface area contributed by atoms with Crippen LogP contribution in [0.5, 0.6) is 0 Å². The Balaban J connectivity index is -0.000000231. The van der Waals surface area contributed by atoms with E-state index >= 15 is 0 Å². The monoisotopic (exact) mass is 609 g/mol. The lowest BCUT2D eigenvalue weighted by Crippen LogP contribution is -2.34. The zero-order valence-electron chi connectivity index (χ0n) is 31.3. The van der Waals surface area contributed by atoms with Crippen LogP contribution in [0.4, 0.5) is 0 Å². The number of hydrogen-bond donors (Lipinski definition) is 0. The Morgan fingerprint density at radius 3 is 0.714 bits per heavy atom. The van der Waals surface area contributed by atoms with Crippen molar-refractivity contribution in [3.63, 3.8) is 0 Å². The van der Waals surface area contributed by atoms with Crippen molar-refractivity contribution < 1.29 is 18.9 Å². The summed E-state index contributed by atoms with van der Waals surface area (Å²) in [6.45, 7) is 48.6. The predicted octanol–water partition coefficient (Wildman–Crippen LogP) is 6.24. The maximum atomic E-state index is 5.22. The lowest BCUT2D eigenvalue weighted by Gasteiger charge is -2.23. The third kappa shape index (κ3) is 37.7. The topological polar surface area (TPSA) is 49.9 Å². The average molecular weight is 609 g/mol. The highest BCUT2D eigenvalue weighted by atomic mass is 16.5. The molecule has 2 unspecified atom stereocenters. The van der Waals surface area contributed by atoms with E-state index in [1.165, 1.54) is 78.5 Å². The molecule has 2 atom stereocenters. The molecule has 0 heterocycles. The van der Waals surface area contributed by atoms with E-state index in [2.05, 4.69) is 75.0 Å². The fourth-order valence-corrected chi connectivity index (χ4v) is 3.96. The van der Waals surface area contributed by atoms with Gasteiger partial charge in [-0.15, -0.1) is 0 Å². The molecule has 0 aromatic heterocycles. The molecule has 42 heavy (non-hydrogen) atoms. The van der Waals surface area contributed by atoms with Gasteiger partial charge < -0.3 is 38.5 Å². The molecule has 8 nitrogen and oxygen atoms in total. The largest absolute Gasteiger partial charge is 0.379 e. The van der Waals surface area contributed by atoms with Gasteiger partial charge in [0, 0.05) is 52.6 Å². The molecule has 0 amide bonds. The average Bonchev–Trinajstić information content (AvgIpc) is 3.01. The highest BCUT2D eigenvalue weighted by Gasteiger charge is 2.03. The van der Waals surface area contributed by atoms with E-state index in [4.69, 9.17) is 18.9 Å². The zero-order valence-corrected chi connectivity index (χ0v) is 31.3. The van der Waals surface area contributed by atoms with Crippen molar-refractivity contribution in [2.75, 3.05) is 118 Å². The molecular weight excluding hydrogens is 528 g/mol. The minimum absolute atomic E-state index is 0.245. The number of nitrogens with zero attached hydrogens (tertiary/aromatic N) is 4. The summed E-state index contributed by atoms with van der Waals surface area (Å²) in [6, 6.07) is 0. The van der Waals surface area contributed by atoms with Crippen LogP contribution in [0.25, 0.3) is 0 Å². The van der Waals surface area contributed by atoms with E-state index in [0.29, 0.717) is 13.2 Å². The van der Waals surface area contributed by atoms with Crippen molar-refractivity contribution >= 4 is 0 Å². The summed E-state index contributed by atoms with van der Waals surface area (Å²) in [5, 5.41) is 0. The molecule has 0 aliphatic heterocycles. The van der Waals surface area contributed by atoms with Crippen LogP contribution in [-0.2, 0) is 18.9 Å². The lowest BCUT2D eigenvalue weighted by molar-refractivity contribution is 0.00212. The third-order valence-electron chi connectivity index (χ3n) is 7.06. The second-order valence-electron chi connectivity index (χ2n) is 9.96. The van der Waals surface area contributed by atoms with Crippen LogP contribution < -0.4 is 0 Å². The Hall–Kier alpha value is -0.320. The van der Waals surface area contributed by atoms with E-state index in [1.807, 2.05) is 41.5 Å². The second kappa shape index (κ2) is 40.7. The molecule has 0 aromatic rings. The van der Waals surface area contributed by atoms with Crippen molar-refractivity contribution in [3.05, 3.63) is 0 Å². The minimum Gasteiger partial charge on any atom is -0.379 e. The van der Waals surface area contributed by atoms with Gasteiger partial charge in [0.25, 0.3) is 0 Å². The molecule has 0 saturated carbocycles. The number of likely N-dealkylation sites (N-methyl/N-ethyl adjacent to an activating group) is 4. The molecule has 260 valence electrons. The Morgan fingerprint density at radius 2 is 0.571 bits per heavy atom. The van der Waals surface area contributed by atoms with E-state index < -0.39 is 0 Å². The smallest absolute Gasteiger partial charge is 0.0780 e. The SMILES string of the molecule is CCN(CC)CCN(CC)CC.CCN(CC)CCN(CC)CC.CCOCC(C)OCC.CCOCC(C)OCC. The van der Waals surface area contributed by atoms with Gasteiger partial charge in [0.2, 0.25) is 0 Å². The van der Waals surface area contributed by atoms with Crippen molar-refractivity contribution in [1.29, 1.82) is 0 Å². The van der Waals surface area contributed by atoms with E-state index in [1.54, 1.807) is 0 Å². The summed E-state index contributed by atoms with van der Waals surface area (Å²) in [5.74, 6) is 0. The van der Waals surface area contributed by atoms with Gasteiger partial charge in [0.1, 0.15) is 0 Å². The molecule has 0 aliphatic carbocycles. The molecule has 0 spiro atoms. The van der Waals surface area contributed by atoms with Gasteiger partial charge in [0.05, 0.1) is 25.4 Å². The second-order valence-corrected chi connectivity index (χ2v) is 9.96. The first kappa shape index (κ1) is 48.6. The summed E-state index contributed by atoms with van der Waals surface area (Å²) in [4.78, 5) is 9.88. The summed E-state index contributed by atoms with van der Waals surface area (Å²) in [7, 11) is 0. The lowest BCUT2D eigenvalue weighted by atomic mass is 10.4. The summed E-state index contributed by atoms with van der Waals surface area (Å²) < 4.78 is 20.7. The fourth-order valence-electron chi connectivity index (χ4n) is 3.96. The Morgan fingerprint density at radius 1 is 0.357 bits per heavy atom. The Kier molecular flexibility index (Phi) is 47.1. The van der Waals surface area contributed by atoms with Crippen molar-refractivity contribution in [3.8, 4) is 0 Å². The predicted molar refractivity (Wildman–Crippen MR) is 186 cm³/mol. The molecule has 0 rings (SSSR count). The van der Waals surface area contributed by atoms with E-state index in [0.717, 1.165) is 26.4 Å². The minimum atomic E-state index is 0.245. The standard InChI is InChI=1S/2C10H24N2.2C7H16O2/c2*1-5-11(6-2)9-10-12(7-3)8-4;2*1-4-8-6-7(3)9-5-2/h2*5-10H2,1-4H3;2*7H,4-6H2,1-3H3. The fraction of sp³-hybridized carbons (Fsp3) is 1.00. The Labute approximate surface area is 265 Å². The summed E-state index contributed by atoms with van der Waals surface area (Å²) in [5.41, 5.74) is 0. The summed E-state index contributed by atoms with van der Waals surface area (Å²) >= 11 is 0. The van der Waals surface area contributed by atoms with Crippen molar-refractivity contribution in [1.82, 2.24) is 19.6 Å². The molecular formula is C34H80N4O4. The van der Waals surface area contributed by atoms with Gasteiger partial charge in [0.15, 0.2) is 0 Å². The van der Waals surface area contributed by atoms with Gasteiger partial charge >= 0.3 is 0 Å². The number of hydrogen-bond acceptors (Lipinski definition) is 8. The maximum Gasteiger partial charge on any atom is 0.0780 e. The van der Waals surface area contributed by atoms with Gasteiger partial charge in [-0.3, -0.25) is 0 Å². The quantitative estimate of drug-likeness (QED) is 0.128. The first-order valence-electron chi connectivity index (χ1n) is 17.5. The molecule has 8 heteroatoms. The van der Waals surface area contributed by atoms with Gasteiger partial charge in [-0.1, -0.05) is 55.4 Å². The van der Waals surface area contributed by atoms with Crippen LogP contribution in [0.15, 0.2) is 0 Å².